The summed E-state index contributed by atoms with van der Waals surface area (Å²) in [5.74, 6) is 0.131. The summed E-state index contributed by atoms with van der Waals surface area (Å²) in [6, 6.07) is 0.283. The Morgan fingerprint density at radius 2 is 2.00 bits per heavy atom. The number of nitrogens with one attached hydrogen (secondary N) is 1. The summed E-state index contributed by atoms with van der Waals surface area (Å²) in [5, 5.41) is 12.7. The maximum absolute atomic E-state index is 12.1. The first-order chi connectivity index (χ1) is 8.16. The highest BCUT2D eigenvalue weighted by Crippen LogP contribution is 2.18. The minimum absolute atomic E-state index is 0.106. The van der Waals surface area contributed by atoms with E-state index in [-0.39, 0.29) is 18.1 Å². The van der Waals surface area contributed by atoms with E-state index in [0.29, 0.717) is 12.6 Å². The van der Waals surface area contributed by atoms with Gasteiger partial charge in [0.1, 0.15) is 0 Å². The summed E-state index contributed by atoms with van der Waals surface area (Å²) in [7, 11) is 0. The molecule has 0 radical (unpaired) electrons. The molecule has 2 fully saturated rings. The van der Waals surface area contributed by atoms with E-state index in [1.54, 1.807) is 0 Å². The average molecular weight is 240 g/mol. The Balaban J connectivity index is 1.80. The van der Waals surface area contributed by atoms with Gasteiger partial charge in [0, 0.05) is 12.6 Å². The van der Waals surface area contributed by atoms with Crippen molar-refractivity contribution in [3.05, 3.63) is 0 Å². The summed E-state index contributed by atoms with van der Waals surface area (Å²) in [6.45, 7) is 3.51. The Labute approximate surface area is 103 Å². The highest BCUT2D eigenvalue weighted by Gasteiger charge is 2.28. The van der Waals surface area contributed by atoms with Gasteiger partial charge in [-0.15, -0.1) is 0 Å². The van der Waals surface area contributed by atoms with E-state index in [1.807, 2.05) is 6.92 Å². The number of carbonyl (C=O) groups is 1. The van der Waals surface area contributed by atoms with Crippen LogP contribution in [0.4, 0.5) is 0 Å². The van der Waals surface area contributed by atoms with Gasteiger partial charge in [0.25, 0.3) is 0 Å². The fraction of sp³-hybridized carbons (Fsp3) is 0.923. The van der Waals surface area contributed by atoms with Crippen LogP contribution >= 0.6 is 0 Å². The van der Waals surface area contributed by atoms with E-state index >= 15 is 0 Å². The summed E-state index contributed by atoms with van der Waals surface area (Å²) in [5.41, 5.74) is 0. The molecular weight excluding hydrogens is 216 g/mol. The van der Waals surface area contributed by atoms with Crippen molar-refractivity contribution in [2.24, 2.45) is 0 Å². The van der Waals surface area contributed by atoms with E-state index in [4.69, 9.17) is 0 Å². The summed E-state index contributed by atoms with van der Waals surface area (Å²) in [4.78, 5) is 14.2. The van der Waals surface area contributed by atoms with Crippen LogP contribution in [0.3, 0.4) is 0 Å². The highest BCUT2D eigenvalue weighted by atomic mass is 16.3. The molecule has 2 N–H and O–H groups in total. The zero-order valence-electron chi connectivity index (χ0n) is 10.7. The summed E-state index contributed by atoms with van der Waals surface area (Å²) < 4.78 is 0. The molecule has 1 saturated carbocycles. The second-order valence-corrected chi connectivity index (χ2v) is 5.46. The predicted molar refractivity (Wildman–Crippen MR) is 66.7 cm³/mol. The van der Waals surface area contributed by atoms with Gasteiger partial charge < -0.3 is 10.4 Å². The van der Waals surface area contributed by atoms with Crippen molar-refractivity contribution in [2.45, 2.75) is 63.6 Å². The largest absolute Gasteiger partial charge is 0.392 e. The maximum Gasteiger partial charge on any atom is 0.237 e. The molecule has 1 heterocycles. The lowest BCUT2D eigenvalue weighted by Crippen LogP contribution is -2.51. The van der Waals surface area contributed by atoms with E-state index < -0.39 is 0 Å². The second kappa shape index (κ2) is 5.83. The molecule has 1 amide bonds. The normalized spacial score (nSPS) is 29.2. The molecule has 4 nitrogen and oxygen atoms in total. The molecule has 0 aromatic rings. The Bertz CT molecular complexity index is 264. The Kier molecular flexibility index (Phi) is 4.40. The minimum Gasteiger partial charge on any atom is -0.392 e. The smallest absolute Gasteiger partial charge is 0.237 e. The van der Waals surface area contributed by atoms with Crippen molar-refractivity contribution in [3.63, 3.8) is 0 Å². The van der Waals surface area contributed by atoms with Crippen molar-refractivity contribution in [2.75, 3.05) is 13.1 Å². The number of likely N-dealkylation sites (tertiary alicyclic amines) is 1. The van der Waals surface area contributed by atoms with Gasteiger partial charge in [0.2, 0.25) is 5.91 Å². The lowest BCUT2D eigenvalue weighted by Gasteiger charge is -2.34. The number of carbonyl (C=O) groups excluding carboxylic acids is 1. The lowest BCUT2D eigenvalue weighted by molar-refractivity contribution is -0.127. The number of aliphatic hydroxyl groups excluding tert-OH is 1. The second-order valence-electron chi connectivity index (χ2n) is 5.46. The van der Waals surface area contributed by atoms with Crippen LogP contribution in [0.2, 0.25) is 0 Å². The van der Waals surface area contributed by atoms with Crippen LogP contribution in [-0.4, -0.2) is 47.2 Å². The van der Waals surface area contributed by atoms with Gasteiger partial charge in [-0.1, -0.05) is 12.8 Å². The monoisotopic (exact) mass is 240 g/mol. The van der Waals surface area contributed by atoms with Crippen molar-refractivity contribution in [3.8, 4) is 0 Å². The zero-order chi connectivity index (χ0) is 12.3. The van der Waals surface area contributed by atoms with Crippen LogP contribution in [0.25, 0.3) is 0 Å². The fourth-order valence-electron chi connectivity index (χ4n) is 2.89. The number of aliphatic hydroxyl groups is 1. The van der Waals surface area contributed by atoms with Crippen LogP contribution in [0.15, 0.2) is 0 Å². The van der Waals surface area contributed by atoms with Gasteiger partial charge >= 0.3 is 0 Å². The molecule has 2 aliphatic rings. The van der Waals surface area contributed by atoms with Gasteiger partial charge in [-0.25, -0.2) is 0 Å². The molecule has 0 spiro atoms. The predicted octanol–water partition coefficient (Wildman–Crippen LogP) is 0.890. The molecular formula is C13H24N2O2. The van der Waals surface area contributed by atoms with E-state index in [2.05, 4.69) is 10.2 Å². The van der Waals surface area contributed by atoms with E-state index in [0.717, 1.165) is 32.2 Å². The van der Waals surface area contributed by atoms with Crippen LogP contribution in [0, 0.1) is 0 Å². The van der Waals surface area contributed by atoms with Crippen LogP contribution in [0.1, 0.15) is 45.4 Å². The van der Waals surface area contributed by atoms with E-state index in [9.17, 15) is 9.90 Å². The van der Waals surface area contributed by atoms with Crippen molar-refractivity contribution in [1.82, 2.24) is 10.2 Å². The van der Waals surface area contributed by atoms with E-state index in [1.165, 1.54) is 12.8 Å². The molecule has 0 bridgehead atoms. The molecule has 2 atom stereocenters. The van der Waals surface area contributed by atoms with Crippen LogP contribution < -0.4 is 5.32 Å². The summed E-state index contributed by atoms with van der Waals surface area (Å²) in [6.07, 6.45) is 6.33. The third-order valence-corrected chi connectivity index (χ3v) is 4.06. The Morgan fingerprint density at radius 3 is 2.65 bits per heavy atom. The van der Waals surface area contributed by atoms with Crippen molar-refractivity contribution >= 4 is 5.91 Å². The number of nitrogens with zero attached hydrogens (tertiary/aromatic N) is 1. The molecule has 0 aromatic carbocycles. The number of rotatable bonds is 3. The standard InChI is InChI=1S/C13H24N2O2/c1-10(15-8-4-7-12(16)9-15)13(17)14-11-5-2-3-6-11/h10-12,16H,2-9H2,1H3,(H,14,17)/t10?,12-/m0/s1. The first-order valence-electron chi connectivity index (χ1n) is 6.89. The SMILES string of the molecule is CC(C(=O)NC1CCCC1)N1CCC[C@H](O)C1. The number of β-amino-alcohol motifs (C(OH)–C–C–N with tert-alkyl or cyclic N) is 1. The summed E-state index contributed by atoms with van der Waals surface area (Å²) >= 11 is 0. The Morgan fingerprint density at radius 1 is 1.29 bits per heavy atom. The number of piperidine rings is 1. The molecule has 1 aliphatic heterocycles. The van der Waals surface area contributed by atoms with Gasteiger partial charge in [-0.2, -0.15) is 0 Å². The molecule has 0 aromatic heterocycles. The number of amides is 1. The average Bonchev–Trinajstić information content (AvgIpc) is 2.80. The maximum atomic E-state index is 12.1. The minimum atomic E-state index is -0.259. The third kappa shape index (κ3) is 3.42. The molecule has 1 aliphatic carbocycles. The zero-order valence-corrected chi connectivity index (χ0v) is 10.7. The van der Waals surface area contributed by atoms with Gasteiger partial charge in [0.15, 0.2) is 0 Å². The number of hydrogen-bond acceptors (Lipinski definition) is 3. The quantitative estimate of drug-likeness (QED) is 0.770. The molecule has 98 valence electrons. The lowest BCUT2D eigenvalue weighted by atomic mass is 10.1. The fourth-order valence-corrected chi connectivity index (χ4v) is 2.89. The first kappa shape index (κ1) is 12.8. The molecule has 2 rings (SSSR count). The molecule has 17 heavy (non-hydrogen) atoms. The molecule has 4 heteroatoms. The Hall–Kier alpha value is -0.610. The van der Waals surface area contributed by atoms with Gasteiger partial charge in [-0.3, -0.25) is 9.69 Å². The topological polar surface area (TPSA) is 52.6 Å². The third-order valence-electron chi connectivity index (χ3n) is 4.06. The van der Waals surface area contributed by atoms with Gasteiger partial charge in [-0.05, 0) is 39.2 Å². The number of hydrogen-bond donors (Lipinski definition) is 2. The van der Waals surface area contributed by atoms with Crippen LogP contribution in [-0.2, 0) is 4.79 Å². The molecule has 1 unspecified atom stereocenters. The van der Waals surface area contributed by atoms with Crippen molar-refractivity contribution in [1.29, 1.82) is 0 Å². The van der Waals surface area contributed by atoms with Crippen molar-refractivity contribution < 1.29 is 9.90 Å². The molecule has 1 saturated heterocycles. The van der Waals surface area contributed by atoms with Gasteiger partial charge in [0.05, 0.1) is 12.1 Å². The highest BCUT2D eigenvalue weighted by molar-refractivity contribution is 5.81. The van der Waals surface area contributed by atoms with Crippen LogP contribution in [0.5, 0.6) is 0 Å². The first-order valence-corrected chi connectivity index (χ1v) is 6.89.